The maximum absolute atomic E-state index is 12.4. The van der Waals surface area contributed by atoms with Crippen molar-refractivity contribution >= 4 is 21.6 Å². The number of aryl methyl sites for hydroxylation is 2. The van der Waals surface area contributed by atoms with Crippen LogP contribution in [0.1, 0.15) is 30.0 Å². The first-order valence-corrected chi connectivity index (χ1v) is 7.88. The van der Waals surface area contributed by atoms with Crippen molar-refractivity contribution in [2.24, 2.45) is 0 Å². The van der Waals surface area contributed by atoms with Crippen LogP contribution in [0.2, 0.25) is 5.02 Å². The second-order valence-electron chi connectivity index (χ2n) is 4.52. The molecular weight excluding hydrogens is 300 g/mol. The van der Waals surface area contributed by atoms with E-state index in [0.717, 1.165) is 0 Å². The van der Waals surface area contributed by atoms with E-state index < -0.39 is 16.1 Å². The van der Waals surface area contributed by atoms with Crippen molar-refractivity contribution in [1.29, 1.82) is 0 Å². The lowest BCUT2D eigenvalue weighted by Gasteiger charge is -2.15. The van der Waals surface area contributed by atoms with Gasteiger partial charge in [0.2, 0.25) is 10.0 Å². The van der Waals surface area contributed by atoms with Crippen LogP contribution in [0, 0.1) is 13.8 Å². The Labute approximate surface area is 123 Å². The van der Waals surface area contributed by atoms with Gasteiger partial charge in [-0.1, -0.05) is 35.0 Å². The molecule has 0 radical (unpaired) electrons. The fourth-order valence-electron chi connectivity index (χ4n) is 2.04. The Morgan fingerprint density at radius 1 is 1.30 bits per heavy atom. The molecule has 0 amide bonds. The lowest BCUT2D eigenvalue weighted by molar-refractivity contribution is 0.390. The van der Waals surface area contributed by atoms with Crippen LogP contribution in [0.3, 0.4) is 0 Å². The van der Waals surface area contributed by atoms with Crippen molar-refractivity contribution < 1.29 is 12.9 Å². The SMILES string of the molecule is Cc1noc(C)c1S(=O)(=O)N[C@@H](C)c1ccccc1Cl. The number of sulfonamides is 1. The zero-order chi connectivity index (χ0) is 14.9. The summed E-state index contributed by atoms with van der Waals surface area (Å²) in [6.45, 7) is 4.89. The zero-order valence-corrected chi connectivity index (χ0v) is 12.9. The summed E-state index contributed by atoms with van der Waals surface area (Å²) in [6, 6.07) is 6.64. The first-order chi connectivity index (χ1) is 9.33. The van der Waals surface area contributed by atoms with E-state index in [9.17, 15) is 8.42 Å². The normalized spacial score (nSPS) is 13.4. The molecule has 1 aromatic heterocycles. The highest BCUT2D eigenvalue weighted by Crippen LogP contribution is 2.25. The summed E-state index contributed by atoms with van der Waals surface area (Å²) in [7, 11) is -3.71. The molecule has 2 aromatic rings. The van der Waals surface area contributed by atoms with Crippen LogP contribution < -0.4 is 4.72 Å². The second-order valence-corrected chi connectivity index (χ2v) is 6.58. The summed E-state index contributed by atoms with van der Waals surface area (Å²) in [5, 5.41) is 4.18. The molecule has 1 N–H and O–H groups in total. The van der Waals surface area contributed by atoms with Gasteiger partial charge in [-0.15, -0.1) is 0 Å². The third-order valence-electron chi connectivity index (χ3n) is 2.94. The molecule has 2 rings (SSSR count). The summed E-state index contributed by atoms with van der Waals surface area (Å²) in [4.78, 5) is 0.0800. The van der Waals surface area contributed by atoms with Crippen LogP contribution in [-0.2, 0) is 10.0 Å². The van der Waals surface area contributed by atoms with Crippen LogP contribution in [0.25, 0.3) is 0 Å². The van der Waals surface area contributed by atoms with E-state index >= 15 is 0 Å². The number of aromatic nitrogens is 1. The van der Waals surface area contributed by atoms with Gasteiger partial charge >= 0.3 is 0 Å². The third-order valence-corrected chi connectivity index (χ3v) is 5.07. The smallest absolute Gasteiger partial charge is 0.246 e. The fraction of sp³-hybridized carbons (Fsp3) is 0.308. The van der Waals surface area contributed by atoms with Gasteiger partial charge in [0.05, 0.1) is 0 Å². The van der Waals surface area contributed by atoms with Crippen LogP contribution in [-0.4, -0.2) is 13.6 Å². The number of hydrogen-bond donors (Lipinski definition) is 1. The van der Waals surface area contributed by atoms with E-state index in [2.05, 4.69) is 9.88 Å². The number of hydrogen-bond acceptors (Lipinski definition) is 4. The van der Waals surface area contributed by atoms with Crippen molar-refractivity contribution in [3.8, 4) is 0 Å². The number of benzene rings is 1. The molecule has 0 aliphatic heterocycles. The van der Waals surface area contributed by atoms with Gasteiger partial charge in [-0.2, -0.15) is 0 Å². The molecule has 108 valence electrons. The Morgan fingerprint density at radius 2 is 1.95 bits per heavy atom. The van der Waals surface area contributed by atoms with E-state index in [0.29, 0.717) is 16.3 Å². The van der Waals surface area contributed by atoms with Crippen molar-refractivity contribution in [3.05, 3.63) is 46.3 Å². The quantitative estimate of drug-likeness (QED) is 0.941. The molecule has 1 heterocycles. The summed E-state index contributed by atoms with van der Waals surface area (Å²) in [5.74, 6) is 0.265. The number of nitrogens with one attached hydrogen (secondary N) is 1. The molecule has 0 aliphatic rings. The summed E-state index contributed by atoms with van der Waals surface area (Å²) < 4.78 is 32.2. The van der Waals surface area contributed by atoms with Gasteiger partial charge in [0.15, 0.2) is 5.76 Å². The van der Waals surface area contributed by atoms with E-state index in [4.69, 9.17) is 16.1 Å². The highest BCUT2D eigenvalue weighted by atomic mass is 35.5. The highest BCUT2D eigenvalue weighted by molar-refractivity contribution is 7.89. The minimum absolute atomic E-state index is 0.0800. The average molecular weight is 315 g/mol. The van der Waals surface area contributed by atoms with Crippen LogP contribution in [0.4, 0.5) is 0 Å². The summed E-state index contributed by atoms with van der Waals surface area (Å²) in [6.07, 6.45) is 0. The Balaban J connectivity index is 2.32. The monoisotopic (exact) mass is 314 g/mol. The van der Waals surface area contributed by atoms with Crippen LogP contribution in [0.5, 0.6) is 0 Å². The molecule has 0 saturated heterocycles. The third kappa shape index (κ3) is 2.87. The highest BCUT2D eigenvalue weighted by Gasteiger charge is 2.26. The number of halogens is 1. The minimum atomic E-state index is -3.71. The van der Waals surface area contributed by atoms with Crippen molar-refractivity contribution in [2.45, 2.75) is 31.7 Å². The van der Waals surface area contributed by atoms with E-state index in [1.807, 2.05) is 6.07 Å². The van der Waals surface area contributed by atoms with Crippen LogP contribution >= 0.6 is 11.6 Å². The van der Waals surface area contributed by atoms with Gasteiger partial charge in [0.1, 0.15) is 10.6 Å². The Bertz CT molecular complexity index is 705. The maximum Gasteiger partial charge on any atom is 0.246 e. The van der Waals surface area contributed by atoms with Gasteiger partial charge in [0, 0.05) is 11.1 Å². The average Bonchev–Trinajstić information content (AvgIpc) is 2.69. The number of rotatable bonds is 4. The maximum atomic E-state index is 12.4. The van der Waals surface area contributed by atoms with Gasteiger partial charge < -0.3 is 4.52 Å². The molecule has 1 aromatic carbocycles. The molecule has 20 heavy (non-hydrogen) atoms. The van der Waals surface area contributed by atoms with Crippen molar-refractivity contribution in [3.63, 3.8) is 0 Å². The predicted molar refractivity (Wildman–Crippen MR) is 76.2 cm³/mol. The fourth-order valence-corrected chi connectivity index (χ4v) is 3.89. The standard InChI is InChI=1S/C13H15ClN2O3S/c1-8(11-6-4-5-7-12(11)14)16-20(17,18)13-9(2)15-19-10(13)3/h4-8,16H,1-3H3/t8-/m0/s1. The first-order valence-electron chi connectivity index (χ1n) is 6.02. The largest absolute Gasteiger partial charge is 0.360 e. The van der Waals surface area contributed by atoms with Crippen molar-refractivity contribution in [2.75, 3.05) is 0 Å². The summed E-state index contributed by atoms with van der Waals surface area (Å²) in [5.41, 5.74) is 1.05. The lowest BCUT2D eigenvalue weighted by atomic mass is 10.1. The molecule has 0 fully saturated rings. The predicted octanol–water partition coefficient (Wildman–Crippen LogP) is 2.98. The Morgan fingerprint density at radius 3 is 2.50 bits per heavy atom. The Kier molecular flexibility index (Phi) is 4.17. The molecule has 1 atom stereocenters. The zero-order valence-electron chi connectivity index (χ0n) is 11.3. The van der Waals surface area contributed by atoms with E-state index in [1.165, 1.54) is 0 Å². The summed E-state index contributed by atoms with van der Waals surface area (Å²) >= 11 is 6.07. The molecule has 0 saturated carbocycles. The van der Waals surface area contributed by atoms with Gasteiger partial charge in [-0.25, -0.2) is 13.1 Å². The molecule has 0 unspecified atom stereocenters. The van der Waals surface area contributed by atoms with Gasteiger partial charge in [0.25, 0.3) is 0 Å². The first kappa shape index (κ1) is 15.0. The topological polar surface area (TPSA) is 72.2 Å². The van der Waals surface area contributed by atoms with Gasteiger partial charge in [-0.3, -0.25) is 0 Å². The number of nitrogens with zero attached hydrogens (tertiary/aromatic N) is 1. The minimum Gasteiger partial charge on any atom is -0.360 e. The lowest BCUT2D eigenvalue weighted by Crippen LogP contribution is -2.27. The van der Waals surface area contributed by atoms with E-state index in [-0.39, 0.29) is 10.7 Å². The molecule has 0 spiro atoms. The van der Waals surface area contributed by atoms with Crippen LogP contribution in [0.15, 0.2) is 33.7 Å². The second kappa shape index (κ2) is 5.55. The molecule has 0 bridgehead atoms. The molecule has 5 nitrogen and oxygen atoms in total. The Hall–Kier alpha value is -1.37. The molecular formula is C13H15ClN2O3S. The van der Waals surface area contributed by atoms with Crippen molar-refractivity contribution in [1.82, 2.24) is 9.88 Å². The molecule has 7 heteroatoms. The van der Waals surface area contributed by atoms with Gasteiger partial charge in [-0.05, 0) is 32.4 Å². The van der Waals surface area contributed by atoms with E-state index in [1.54, 1.807) is 39.0 Å². The molecule has 0 aliphatic carbocycles.